The Morgan fingerprint density at radius 1 is 0.588 bits per heavy atom. The van der Waals surface area contributed by atoms with Crippen LogP contribution in [0.15, 0.2) is 46.4 Å². The van der Waals surface area contributed by atoms with Gasteiger partial charge in [-0.05, 0) is 24.3 Å². The lowest BCUT2D eigenvalue weighted by Crippen LogP contribution is -2.06. The number of hydrogen-bond donors (Lipinski definition) is 0. The van der Waals surface area contributed by atoms with Crippen LogP contribution < -0.4 is 10.7 Å². The van der Waals surface area contributed by atoms with Gasteiger partial charge in [0.2, 0.25) is 12.4 Å². The van der Waals surface area contributed by atoms with Crippen LogP contribution in [0.25, 0.3) is 43.6 Å². The third-order valence-electron chi connectivity index (χ3n) is 5.38. The summed E-state index contributed by atoms with van der Waals surface area (Å²) in [5, 5.41) is 18.3. The van der Waals surface area contributed by atoms with E-state index >= 15 is 0 Å². The number of alkyl halides is 6. The van der Waals surface area contributed by atoms with Crippen LogP contribution in [0.1, 0.15) is 11.1 Å². The fourth-order valence-electron chi connectivity index (χ4n) is 3.97. The van der Waals surface area contributed by atoms with Crippen molar-refractivity contribution in [2.75, 3.05) is 0 Å². The minimum Gasteiger partial charge on any atom is -0.241 e. The normalized spacial score (nSPS) is 13.9. The number of halogens is 6. The Balaban J connectivity index is 1.99. The molecule has 0 bridgehead atoms. The van der Waals surface area contributed by atoms with E-state index in [9.17, 15) is 26.3 Å². The second-order valence-electron chi connectivity index (χ2n) is 7.26. The lowest BCUT2D eigenvalue weighted by Gasteiger charge is -2.05. The van der Waals surface area contributed by atoms with Crippen molar-refractivity contribution in [3.63, 3.8) is 0 Å². The summed E-state index contributed by atoms with van der Waals surface area (Å²) in [4.78, 5) is 16.1. The van der Waals surface area contributed by atoms with Gasteiger partial charge in [0.15, 0.2) is 0 Å². The standard InChI is InChI=1S/C22H6F6N6/c23-21(24,25)9-1-3-11-13(5-9)15(31-7-29)19-17(11)33-20-16(32-8-30)14-6-10(22(26,27)28)2-4-12(14)18(20)34-19/h1-6H/b31-15+,32-16+. The van der Waals surface area contributed by atoms with Crippen molar-refractivity contribution >= 4 is 43.6 Å². The van der Waals surface area contributed by atoms with Gasteiger partial charge in [-0.2, -0.15) is 46.9 Å². The lowest BCUT2D eigenvalue weighted by molar-refractivity contribution is -0.138. The smallest absolute Gasteiger partial charge is 0.241 e. The number of benzene rings is 2. The molecule has 1 aromatic heterocycles. The molecule has 4 aromatic carbocycles. The number of aromatic nitrogens is 2. The number of nitrogens with zero attached hydrogens (tertiary/aromatic N) is 6. The SMILES string of the molecule is N#C/N=c1\c2cc(C(F)(F)F)ccc2c2nc3/c(=N/C#N)c4cc(C(F)(F)F)ccc4c3nc12. The predicted octanol–water partition coefficient (Wildman–Crippen LogP) is 4.77. The molecule has 5 aromatic rings. The molecule has 0 saturated heterocycles. The van der Waals surface area contributed by atoms with Gasteiger partial charge in [0.1, 0.15) is 21.7 Å². The fourth-order valence-corrected chi connectivity index (χ4v) is 3.97. The molecule has 1 heterocycles. The molecular weight excluding hydrogens is 462 g/mol. The highest BCUT2D eigenvalue weighted by molar-refractivity contribution is 6.14. The quantitative estimate of drug-likeness (QED) is 0.242. The van der Waals surface area contributed by atoms with E-state index in [0.29, 0.717) is 0 Å². The van der Waals surface area contributed by atoms with Gasteiger partial charge in [0, 0.05) is 21.5 Å². The number of fused-ring (bicyclic) bond motifs is 6. The van der Waals surface area contributed by atoms with Crippen molar-refractivity contribution in [3.05, 3.63) is 58.2 Å². The Morgan fingerprint density at radius 2 is 0.971 bits per heavy atom. The maximum atomic E-state index is 13.2. The minimum atomic E-state index is -4.65. The molecule has 12 heteroatoms. The molecule has 0 N–H and O–H groups in total. The second kappa shape index (κ2) is 6.96. The van der Waals surface area contributed by atoms with Crippen LogP contribution >= 0.6 is 0 Å². The van der Waals surface area contributed by atoms with E-state index < -0.39 is 23.5 Å². The third-order valence-corrected chi connectivity index (χ3v) is 5.38. The summed E-state index contributed by atoms with van der Waals surface area (Å²) in [6, 6.07) is 5.64. The molecule has 0 radical (unpaired) electrons. The number of nitriles is 2. The van der Waals surface area contributed by atoms with E-state index in [1.807, 2.05) is 0 Å². The average Bonchev–Trinajstić information content (AvgIpc) is 3.24. The van der Waals surface area contributed by atoms with Gasteiger partial charge in [0.05, 0.1) is 22.2 Å². The van der Waals surface area contributed by atoms with Crippen molar-refractivity contribution in [2.24, 2.45) is 9.98 Å². The van der Waals surface area contributed by atoms with Crippen LogP contribution in [-0.4, -0.2) is 9.97 Å². The summed E-state index contributed by atoms with van der Waals surface area (Å²) in [7, 11) is 0. The lowest BCUT2D eigenvalue weighted by atomic mass is 10.1. The Bertz CT molecular complexity index is 1720. The van der Waals surface area contributed by atoms with Crippen molar-refractivity contribution in [2.45, 2.75) is 12.4 Å². The molecule has 0 saturated carbocycles. The first-order valence-electron chi connectivity index (χ1n) is 9.35. The van der Waals surface area contributed by atoms with Crippen molar-refractivity contribution < 1.29 is 26.3 Å². The first kappa shape index (κ1) is 21.3. The van der Waals surface area contributed by atoms with Crippen molar-refractivity contribution in [1.82, 2.24) is 9.97 Å². The van der Waals surface area contributed by atoms with Crippen LogP contribution in [-0.2, 0) is 12.4 Å². The minimum absolute atomic E-state index is 0.00122. The van der Waals surface area contributed by atoms with E-state index in [2.05, 4.69) is 20.0 Å². The highest BCUT2D eigenvalue weighted by Crippen LogP contribution is 2.35. The maximum absolute atomic E-state index is 13.2. The van der Waals surface area contributed by atoms with Gasteiger partial charge >= 0.3 is 12.4 Å². The third kappa shape index (κ3) is 3.03. The molecule has 0 amide bonds. The molecule has 5 rings (SSSR count). The molecule has 0 fully saturated rings. The molecule has 0 atom stereocenters. The summed E-state index contributed by atoms with van der Waals surface area (Å²) in [5.41, 5.74) is -1.78. The molecular formula is C22H6F6N6. The van der Waals surface area contributed by atoms with Crippen LogP contribution in [0.4, 0.5) is 26.3 Å². The van der Waals surface area contributed by atoms with E-state index in [1.165, 1.54) is 12.4 Å². The fraction of sp³-hybridized carbons (Fsp3) is 0.0909. The van der Waals surface area contributed by atoms with E-state index in [4.69, 9.17) is 10.5 Å². The summed E-state index contributed by atoms with van der Waals surface area (Å²) in [6.07, 6.45) is -6.22. The summed E-state index contributed by atoms with van der Waals surface area (Å²) < 4.78 is 79.5. The number of rotatable bonds is 0. The van der Waals surface area contributed by atoms with Gasteiger partial charge in [-0.3, -0.25) is 0 Å². The van der Waals surface area contributed by atoms with E-state index in [0.717, 1.165) is 36.4 Å². The molecule has 0 aliphatic rings. The zero-order valence-electron chi connectivity index (χ0n) is 16.4. The first-order valence-corrected chi connectivity index (χ1v) is 9.35. The topological polar surface area (TPSA) is 98.1 Å². The maximum Gasteiger partial charge on any atom is 0.416 e. The van der Waals surface area contributed by atoms with Gasteiger partial charge < -0.3 is 0 Å². The largest absolute Gasteiger partial charge is 0.416 e. The second-order valence-corrected chi connectivity index (χ2v) is 7.26. The Morgan fingerprint density at radius 3 is 1.29 bits per heavy atom. The van der Waals surface area contributed by atoms with Crippen LogP contribution in [0.3, 0.4) is 0 Å². The van der Waals surface area contributed by atoms with Crippen LogP contribution in [0.2, 0.25) is 0 Å². The van der Waals surface area contributed by atoms with E-state index in [1.54, 1.807) is 0 Å². The van der Waals surface area contributed by atoms with Crippen LogP contribution in [0, 0.1) is 22.9 Å². The Hall–Kier alpha value is -4.58. The first-order chi connectivity index (χ1) is 16.0. The van der Waals surface area contributed by atoms with Crippen molar-refractivity contribution in [3.8, 4) is 12.4 Å². The predicted molar refractivity (Wildman–Crippen MR) is 107 cm³/mol. The Labute approximate surface area is 184 Å². The highest BCUT2D eigenvalue weighted by Gasteiger charge is 2.32. The molecule has 34 heavy (non-hydrogen) atoms. The zero-order valence-corrected chi connectivity index (χ0v) is 16.4. The molecule has 0 spiro atoms. The van der Waals surface area contributed by atoms with Gasteiger partial charge in [-0.25, -0.2) is 9.97 Å². The number of hydrogen-bond acceptors (Lipinski definition) is 6. The van der Waals surface area contributed by atoms with E-state index in [-0.39, 0.29) is 54.3 Å². The summed E-state index contributed by atoms with van der Waals surface area (Å²) in [6.45, 7) is 0. The zero-order chi connectivity index (χ0) is 24.4. The average molecular weight is 468 g/mol. The molecule has 0 aliphatic carbocycles. The molecule has 0 aliphatic heterocycles. The Kier molecular flexibility index (Phi) is 4.35. The van der Waals surface area contributed by atoms with Gasteiger partial charge in [-0.1, -0.05) is 12.1 Å². The molecule has 0 unspecified atom stereocenters. The highest BCUT2D eigenvalue weighted by atomic mass is 19.4. The van der Waals surface area contributed by atoms with Gasteiger partial charge in [-0.15, -0.1) is 0 Å². The van der Waals surface area contributed by atoms with Gasteiger partial charge in [0.25, 0.3) is 0 Å². The summed E-state index contributed by atoms with van der Waals surface area (Å²) in [5.74, 6) is 0. The van der Waals surface area contributed by atoms with Crippen molar-refractivity contribution in [1.29, 1.82) is 10.5 Å². The molecule has 166 valence electrons. The molecule has 6 nitrogen and oxygen atoms in total. The van der Waals surface area contributed by atoms with Crippen LogP contribution in [0.5, 0.6) is 0 Å². The summed E-state index contributed by atoms with van der Waals surface area (Å²) >= 11 is 0. The monoisotopic (exact) mass is 468 g/mol.